The minimum absolute atomic E-state index is 0.204. The van der Waals surface area contributed by atoms with Gasteiger partial charge in [0, 0.05) is 20.6 Å². The lowest BCUT2D eigenvalue weighted by atomic mass is 10.0. The lowest BCUT2D eigenvalue weighted by Gasteiger charge is -2.04. The van der Waals surface area contributed by atoms with E-state index < -0.39 is 5.76 Å². The molecular formula is C14H7BrClNO3. The van der Waals surface area contributed by atoms with Gasteiger partial charge in [-0.2, -0.15) is 0 Å². The number of carbonyl (C=O) groups is 1. The van der Waals surface area contributed by atoms with Gasteiger partial charge in [0.2, 0.25) is 0 Å². The van der Waals surface area contributed by atoms with E-state index in [0.717, 1.165) is 0 Å². The van der Waals surface area contributed by atoms with Gasteiger partial charge in [-0.25, -0.2) is 4.79 Å². The van der Waals surface area contributed by atoms with E-state index in [-0.39, 0.29) is 5.78 Å². The molecule has 0 radical (unpaired) electrons. The van der Waals surface area contributed by atoms with Gasteiger partial charge in [-0.05, 0) is 36.4 Å². The summed E-state index contributed by atoms with van der Waals surface area (Å²) in [5, 5.41) is 0.478. The molecule has 3 rings (SSSR count). The number of rotatable bonds is 2. The molecule has 0 atom stereocenters. The molecule has 1 N–H and O–H groups in total. The van der Waals surface area contributed by atoms with Crippen LogP contribution < -0.4 is 5.76 Å². The Morgan fingerprint density at radius 2 is 2.00 bits per heavy atom. The van der Waals surface area contributed by atoms with Crippen LogP contribution in [0.25, 0.3) is 11.1 Å². The zero-order valence-electron chi connectivity index (χ0n) is 9.94. The van der Waals surface area contributed by atoms with E-state index in [0.29, 0.717) is 31.7 Å². The van der Waals surface area contributed by atoms with Crippen molar-refractivity contribution in [3.8, 4) is 0 Å². The van der Waals surface area contributed by atoms with Crippen LogP contribution >= 0.6 is 27.5 Å². The van der Waals surface area contributed by atoms with Crippen LogP contribution in [0.3, 0.4) is 0 Å². The number of aromatic nitrogens is 1. The molecule has 0 bridgehead atoms. The van der Waals surface area contributed by atoms with E-state index in [2.05, 4.69) is 20.9 Å². The molecule has 1 aromatic heterocycles. The van der Waals surface area contributed by atoms with Crippen LogP contribution in [0.15, 0.2) is 50.1 Å². The molecule has 0 amide bonds. The van der Waals surface area contributed by atoms with Gasteiger partial charge in [0.25, 0.3) is 0 Å². The Morgan fingerprint density at radius 1 is 1.20 bits per heavy atom. The van der Waals surface area contributed by atoms with Crippen LogP contribution in [0.4, 0.5) is 0 Å². The third kappa shape index (κ3) is 2.30. The number of H-pyrrole nitrogens is 1. The first kappa shape index (κ1) is 13.1. The third-order valence-electron chi connectivity index (χ3n) is 2.86. The quantitative estimate of drug-likeness (QED) is 0.714. The maximum Gasteiger partial charge on any atom is 0.417 e. The van der Waals surface area contributed by atoms with Gasteiger partial charge in [-0.3, -0.25) is 9.78 Å². The average Bonchev–Trinajstić information content (AvgIpc) is 2.79. The van der Waals surface area contributed by atoms with Gasteiger partial charge in [0.1, 0.15) is 0 Å². The van der Waals surface area contributed by atoms with Gasteiger partial charge in [0.15, 0.2) is 11.4 Å². The fraction of sp³-hybridized carbons (Fsp3) is 0. The predicted molar refractivity (Wildman–Crippen MR) is 79.4 cm³/mol. The highest BCUT2D eigenvalue weighted by atomic mass is 79.9. The van der Waals surface area contributed by atoms with Gasteiger partial charge in [0.05, 0.1) is 5.52 Å². The first-order valence-corrected chi connectivity index (χ1v) is 6.84. The lowest BCUT2D eigenvalue weighted by Crippen LogP contribution is -2.02. The van der Waals surface area contributed by atoms with Crippen LogP contribution in [0.5, 0.6) is 0 Å². The smallest absolute Gasteiger partial charge is 0.408 e. The molecule has 2 aromatic carbocycles. The number of hydrogen-bond acceptors (Lipinski definition) is 3. The number of ketones is 1. The van der Waals surface area contributed by atoms with Crippen LogP contribution in [-0.2, 0) is 0 Å². The number of hydrogen-bond donors (Lipinski definition) is 1. The Bertz CT molecular complexity index is 882. The second-order valence-corrected chi connectivity index (χ2v) is 5.47. The van der Waals surface area contributed by atoms with Crippen molar-refractivity contribution in [3.63, 3.8) is 0 Å². The van der Waals surface area contributed by atoms with Crippen LogP contribution in [0.1, 0.15) is 15.9 Å². The number of fused-ring (bicyclic) bond motifs is 1. The maximum atomic E-state index is 12.5. The van der Waals surface area contributed by atoms with Gasteiger partial charge < -0.3 is 4.42 Å². The monoisotopic (exact) mass is 351 g/mol. The standard InChI is InChI=1S/C14H7BrClNO3/c15-10-3-2-8(16)6-9(10)13(18)7-1-4-11-12(5-7)20-14(19)17-11/h1-6H,(H,17,19). The number of oxazole rings is 1. The number of carbonyl (C=O) groups excluding carboxylic acids is 1. The summed E-state index contributed by atoms with van der Waals surface area (Å²) in [6.45, 7) is 0. The molecule has 0 saturated heterocycles. The minimum atomic E-state index is -0.548. The van der Waals surface area contributed by atoms with Crippen LogP contribution in [-0.4, -0.2) is 10.8 Å². The summed E-state index contributed by atoms with van der Waals surface area (Å²) in [6, 6.07) is 9.78. The summed E-state index contributed by atoms with van der Waals surface area (Å²) in [4.78, 5) is 26.1. The Balaban J connectivity index is 2.12. The van der Waals surface area contributed by atoms with Crippen molar-refractivity contribution < 1.29 is 9.21 Å². The van der Waals surface area contributed by atoms with Crippen molar-refractivity contribution >= 4 is 44.4 Å². The number of benzene rings is 2. The number of halogens is 2. The number of nitrogens with one attached hydrogen (secondary N) is 1. The lowest BCUT2D eigenvalue weighted by molar-refractivity contribution is 0.103. The first-order valence-electron chi connectivity index (χ1n) is 5.67. The summed E-state index contributed by atoms with van der Waals surface area (Å²) in [7, 11) is 0. The van der Waals surface area contributed by atoms with E-state index >= 15 is 0 Å². The summed E-state index contributed by atoms with van der Waals surface area (Å²) < 4.78 is 5.60. The molecular weight excluding hydrogens is 346 g/mol. The Hall–Kier alpha value is -1.85. The van der Waals surface area contributed by atoms with Crippen molar-refractivity contribution in [2.45, 2.75) is 0 Å². The largest absolute Gasteiger partial charge is 0.417 e. The minimum Gasteiger partial charge on any atom is -0.408 e. The van der Waals surface area contributed by atoms with Gasteiger partial charge in [-0.15, -0.1) is 0 Å². The molecule has 0 aliphatic carbocycles. The average molecular weight is 353 g/mol. The maximum absolute atomic E-state index is 12.5. The SMILES string of the molecule is O=C(c1ccc2[nH]c(=O)oc2c1)c1cc(Cl)ccc1Br. The molecule has 3 aromatic rings. The predicted octanol–water partition coefficient (Wildman–Crippen LogP) is 3.77. The molecule has 0 unspecified atom stereocenters. The summed E-state index contributed by atoms with van der Waals surface area (Å²) >= 11 is 9.23. The van der Waals surface area contributed by atoms with E-state index in [1.807, 2.05) is 0 Å². The zero-order chi connectivity index (χ0) is 14.3. The summed E-state index contributed by atoms with van der Waals surface area (Å²) in [6.07, 6.45) is 0. The molecule has 0 fully saturated rings. The highest BCUT2D eigenvalue weighted by Gasteiger charge is 2.14. The second-order valence-electron chi connectivity index (χ2n) is 4.18. The third-order valence-corrected chi connectivity index (χ3v) is 3.78. The topological polar surface area (TPSA) is 63.1 Å². The fourth-order valence-corrected chi connectivity index (χ4v) is 2.51. The normalized spacial score (nSPS) is 10.9. The van der Waals surface area contributed by atoms with E-state index in [4.69, 9.17) is 16.0 Å². The molecule has 0 aliphatic rings. The molecule has 20 heavy (non-hydrogen) atoms. The van der Waals surface area contributed by atoms with Gasteiger partial charge >= 0.3 is 5.76 Å². The van der Waals surface area contributed by atoms with Crippen LogP contribution in [0.2, 0.25) is 5.02 Å². The molecule has 1 heterocycles. The second kappa shape index (κ2) is 4.92. The highest BCUT2D eigenvalue weighted by Crippen LogP contribution is 2.24. The Kier molecular flexibility index (Phi) is 3.23. The summed E-state index contributed by atoms with van der Waals surface area (Å²) in [5.74, 6) is -0.751. The van der Waals surface area contributed by atoms with Gasteiger partial charge in [-0.1, -0.05) is 27.5 Å². The van der Waals surface area contributed by atoms with Crippen LogP contribution in [0, 0.1) is 0 Å². The van der Waals surface area contributed by atoms with Crippen molar-refractivity contribution in [1.29, 1.82) is 0 Å². The molecule has 0 spiro atoms. The Morgan fingerprint density at radius 3 is 2.80 bits per heavy atom. The fourth-order valence-electron chi connectivity index (χ4n) is 1.91. The first-order chi connectivity index (χ1) is 9.54. The van der Waals surface area contributed by atoms with Crippen molar-refractivity contribution in [1.82, 2.24) is 4.98 Å². The summed E-state index contributed by atoms with van der Waals surface area (Å²) in [5.41, 5.74) is 1.77. The highest BCUT2D eigenvalue weighted by molar-refractivity contribution is 9.10. The molecule has 6 heteroatoms. The van der Waals surface area contributed by atoms with Crippen molar-refractivity contribution in [2.24, 2.45) is 0 Å². The van der Waals surface area contributed by atoms with E-state index in [1.165, 1.54) is 6.07 Å². The van der Waals surface area contributed by atoms with Crippen molar-refractivity contribution in [3.05, 3.63) is 67.6 Å². The number of aromatic amines is 1. The van der Waals surface area contributed by atoms with E-state index in [1.54, 1.807) is 30.3 Å². The van der Waals surface area contributed by atoms with E-state index in [9.17, 15) is 9.59 Å². The molecule has 100 valence electrons. The molecule has 4 nitrogen and oxygen atoms in total. The molecule has 0 aliphatic heterocycles. The molecule has 0 saturated carbocycles. The zero-order valence-corrected chi connectivity index (χ0v) is 12.3. The van der Waals surface area contributed by atoms with Crippen molar-refractivity contribution in [2.75, 3.05) is 0 Å². The Labute approximate surface area is 126 Å².